The molecule has 32 heavy (non-hydrogen) atoms. The minimum absolute atomic E-state index is 0.650. The molecule has 0 bridgehead atoms. The summed E-state index contributed by atoms with van der Waals surface area (Å²) in [5, 5.41) is 6.64. The Kier molecular flexibility index (Phi) is 6.59. The van der Waals surface area contributed by atoms with Crippen LogP contribution in [0, 0.1) is 5.92 Å². The summed E-state index contributed by atoms with van der Waals surface area (Å²) in [4.78, 5) is 9.97. The van der Waals surface area contributed by atoms with Crippen LogP contribution in [0.5, 0.6) is 0 Å². The van der Waals surface area contributed by atoms with Gasteiger partial charge in [0.2, 0.25) is 0 Å². The zero-order valence-corrected chi connectivity index (χ0v) is 19.2. The predicted octanol–water partition coefficient (Wildman–Crippen LogP) is 7.00. The number of halogens is 1. The van der Waals surface area contributed by atoms with Crippen molar-refractivity contribution in [1.82, 2.24) is 4.98 Å². The van der Waals surface area contributed by atoms with Crippen LogP contribution in [0.2, 0.25) is 0 Å². The van der Waals surface area contributed by atoms with Crippen molar-refractivity contribution in [2.45, 2.75) is 44.9 Å². The predicted molar refractivity (Wildman–Crippen MR) is 134 cm³/mol. The van der Waals surface area contributed by atoms with Crippen molar-refractivity contribution < 1.29 is 4.42 Å². The second-order valence-corrected chi connectivity index (χ2v) is 9.21. The van der Waals surface area contributed by atoms with Gasteiger partial charge < -0.3 is 9.73 Å². The van der Waals surface area contributed by atoms with Crippen LogP contribution in [0.15, 0.2) is 57.9 Å². The lowest BCUT2D eigenvalue weighted by Gasteiger charge is -2.20. The zero-order chi connectivity index (χ0) is 21.8. The van der Waals surface area contributed by atoms with Gasteiger partial charge in [-0.1, -0.05) is 56.4 Å². The molecule has 0 unspecified atom stereocenters. The number of nitrogens with one attached hydrogen (secondary N) is 1. The maximum Gasteiger partial charge on any atom is 0.155 e. The normalized spacial score (nSPS) is 15.7. The van der Waals surface area contributed by atoms with Crippen LogP contribution >= 0.6 is 11.6 Å². The van der Waals surface area contributed by atoms with Gasteiger partial charge in [-0.15, -0.1) is 11.6 Å². The number of nitrogens with zero attached hydrogens (tertiary/aromatic N) is 2. The van der Waals surface area contributed by atoms with Crippen molar-refractivity contribution in [1.29, 1.82) is 0 Å². The molecule has 2 aromatic carbocycles. The molecule has 0 radical (unpaired) electrons. The minimum atomic E-state index is 0.650. The Hall–Kier alpha value is -2.59. The first-order valence-corrected chi connectivity index (χ1v) is 12.4. The van der Waals surface area contributed by atoms with Crippen LogP contribution < -0.4 is 10.7 Å². The highest BCUT2D eigenvalue weighted by Crippen LogP contribution is 2.31. The second-order valence-electron chi connectivity index (χ2n) is 8.83. The van der Waals surface area contributed by atoms with Crippen LogP contribution in [0.3, 0.4) is 0 Å². The molecule has 5 rings (SSSR count). The fourth-order valence-corrected chi connectivity index (χ4v) is 4.95. The lowest BCUT2D eigenvalue weighted by Crippen LogP contribution is -2.11. The third kappa shape index (κ3) is 4.61. The van der Waals surface area contributed by atoms with E-state index in [1.807, 2.05) is 18.2 Å². The number of aromatic nitrogens is 1. The first-order chi connectivity index (χ1) is 15.8. The van der Waals surface area contributed by atoms with Gasteiger partial charge in [-0.2, -0.15) is 0 Å². The summed E-state index contributed by atoms with van der Waals surface area (Å²) in [5.74, 6) is 2.27. The van der Waals surface area contributed by atoms with E-state index in [0.717, 1.165) is 69.8 Å². The Morgan fingerprint density at radius 3 is 2.72 bits per heavy atom. The third-order valence-electron chi connectivity index (χ3n) is 6.56. The van der Waals surface area contributed by atoms with Gasteiger partial charge in [0.05, 0.1) is 5.36 Å². The fourth-order valence-electron chi connectivity index (χ4n) is 4.82. The molecule has 0 saturated heterocycles. The molecule has 1 aliphatic heterocycles. The van der Waals surface area contributed by atoms with E-state index in [1.54, 1.807) is 0 Å². The molecule has 1 saturated carbocycles. The van der Waals surface area contributed by atoms with E-state index in [-0.39, 0.29) is 0 Å². The highest BCUT2D eigenvalue weighted by molar-refractivity contribution is 6.17. The monoisotopic (exact) mass is 447 g/mol. The maximum absolute atomic E-state index is 6.35. The molecule has 1 fully saturated rings. The van der Waals surface area contributed by atoms with E-state index < -0.39 is 0 Å². The summed E-state index contributed by atoms with van der Waals surface area (Å²) in [7, 11) is 0. The molecule has 0 spiro atoms. The van der Waals surface area contributed by atoms with E-state index in [2.05, 4.69) is 35.6 Å². The molecule has 1 heterocycles. The summed E-state index contributed by atoms with van der Waals surface area (Å²) in [6, 6.07) is 16.5. The highest BCUT2D eigenvalue weighted by Gasteiger charge is 2.16. The fraction of sp³-hybridized carbons (Fsp3) is 0.407. The van der Waals surface area contributed by atoms with E-state index in [0.29, 0.717) is 5.88 Å². The molecule has 3 aliphatic rings. The second kappa shape index (κ2) is 9.91. The van der Waals surface area contributed by atoms with E-state index >= 15 is 0 Å². The average Bonchev–Trinajstić information content (AvgIpc) is 2.84. The van der Waals surface area contributed by atoms with Crippen LogP contribution in [0.1, 0.15) is 44.9 Å². The van der Waals surface area contributed by atoms with Crippen LogP contribution in [-0.4, -0.2) is 24.0 Å². The van der Waals surface area contributed by atoms with Crippen LogP contribution in [-0.2, 0) is 0 Å². The van der Waals surface area contributed by atoms with Gasteiger partial charge in [0.15, 0.2) is 11.3 Å². The van der Waals surface area contributed by atoms with Gasteiger partial charge in [0, 0.05) is 47.6 Å². The molecule has 0 amide bonds. The highest BCUT2D eigenvalue weighted by atomic mass is 35.5. The Morgan fingerprint density at radius 2 is 1.88 bits per heavy atom. The van der Waals surface area contributed by atoms with Gasteiger partial charge in [0.1, 0.15) is 11.2 Å². The topological polar surface area (TPSA) is 50.4 Å². The summed E-state index contributed by atoms with van der Waals surface area (Å²) in [5.41, 5.74) is 3.54. The first-order valence-electron chi connectivity index (χ1n) is 11.9. The summed E-state index contributed by atoms with van der Waals surface area (Å²) >= 11 is 5.79. The van der Waals surface area contributed by atoms with Crippen molar-refractivity contribution >= 4 is 39.2 Å². The quantitative estimate of drug-likeness (QED) is 0.143. The van der Waals surface area contributed by atoms with Crippen molar-refractivity contribution in [3.8, 4) is 11.5 Å². The molecule has 1 N–H and O–H groups in total. The Morgan fingerprint density at radius 1 is 1.03 bits per heavy atom. The van der Waals surface area contributed by atoms with Crippen molar-refractivity contribution in [3.05, 3.63) is 53.9 Å². The molecule has 166 valence electrons. The van der Waals surface area contributed by atoms with Crippen molar-refractivity contribution in [2.75, 3.05) is 24.3 Å². The molecule has 0 atom stereocenters. The van der Waals surface area contributed by atoms with Gasteiger partial charge in [0.25, 0.3) is 0 Å². The molecular weight excluding hydrogens is 418 g/mol. The van der Waals surface area contributed by atoms with E-state index in [9.17, 15) is 0 Å². The Balaban J connectivity index is 1.53. The lowest BCUT2D eigenvalue weighted by molar-refractivity contribution is 0.342. The standard InChI is InChI=1S/C27H30ClN3O/c28-14-6-15-29-20-11-12-23-25(17-20)32-26-18-24(30-16-13-19-7-2-1-3-8-19)21-9-4-5-10-22(21)27(26)31-23/h4-5,9-12,17-19,29H,1-3,6-8,13-16H2. The largest absolute Gasteiger partial charge is 0.453 e. The molecule has 2 aromatic rings. The maximum atomic E-state index is 6.35. The Bertz CT molecular complexity index is 1240. The number of rotatable bonds is 7. The average molecular weight is 448 g/mol. The molecule has 4 nitrogen and oxygen atoms in total. The first kappa shape index (κ1) is 21.3. The van der Waals surface area contributed by atoms with Crippen molar-refractivity contribution in [2.24, 2.45) is 10.9 Å². The summed E-state index contributed by atoms with van der Waals surface area (Å²) < 4.78 is 6.35. The number of alkyl halides is 1. The van der Waals surface area contributed by atoms with Gasteiger partial charge in [-0.05, 0) is 30.9 Å². The Labute approximate surface area is 194 Å². The third-order valence-corrected chi connectivity index (χ3v) is 6.82. The smallest absolute Gasteiger partial charge is 0.155 e. The van der Waals surface area contributed by atoms with Crippen molar-refractivity contribution in [3.63, 3.8) is 0 Å². The zero-order valence-electron chi connectivity index (χ0n) is 18.4. The number of anilines is 1. The number of hydrogen-bond donors (Lipinski definition) is 1. The number of benzene rings is 3. The van der Waals surface area contributed by atoms with Crippen LogP contribution in [0.4, 0.5) is 5.69 Å². The van der Waals surface area contributed by atoms with E-state index in [4.69, 9.17) is 26.0 Å². The minimum Gasteiger partial charge on any atom is -0.453 e. The van der Waals surface area contributed by atoms with Gasteiger partial charge in [-0.3, -0.25) is 4.99 Å². The van der Waals surface area contributed by atoms with E-state index in [1.165, 1.54) is 38.5 Å². The molecular formula is C27H30ClN3O. The SMILES string of the molecule is ClCCCNc1ccc2nc3c4ccccc4c(=NCCC4CCCCC4)cc-3oc2c1. The molecule has 0 aromatic heterocycles. The lowest BCUT2D eigenvalue weighted by atomic mass is 9.87. The summed E-state index contributed by atoms with van der Waals surface area (Å²) in [6.45, 7) is 1.71. The summed E-state index contributed by atoms with van der Waals surface area (Å²) in [6.07, 6.45) is 8.98. The number of fused-ring (bicyclic) bond motifs is 4. The van der Waals surface area contributed by atoms with Gasteiger partial charge in [-0.25, -0.2) is 4.98 Å². The molecule has 5 heteroatoms. The van der Waals surface area contributed by atoms with Gasteiger partial charge >= 0.3 is 0 Å². The number of hydrogen-bond acceptors (Lipinski definition) is 4. The molecule has 2 aliphatic carbocycles. The van der Waals surface area contributed by atoms with Crippen LogP contribution in [0.25, 0.3) is 33.3 Å².